The lowest BCUT2D eigenvalue weighted by Gasteiger charge is -2.31. The number of ether oxygens (including phenoxy) is 1. The molecule has 1 aromatic rings. The number of nitrogens with two attached hydrogens (primary N) is 1. The molecule has 0 spiro atoms. The maximum Gasteiger partial charge on any atom is 0.104 e. The molecule has 1 atom stereocenters. The third-order valence-electron chi connectivity index (χ3n) is 2.83. The number of aliphatic hydroxyl groups is 1. The van der Waals surface area contributed by atoms with Gasteiger partial charge in [-0.25, -0.2) is 0 Å². The number of morpholine rings is 1. The van der Waals surface area contributed by atoms with Crippen molar-refractivity contribution in [2.24, 2.45) is 5.73 Å². The number of hydrogen-bond acceptors (Lipinski definition) is 5. The SMILES string of the molecule is NC[C@H]1CN(Cc2cc(C#CCO)cs2)CCO1. The van der Waals surface area contributed by atoms with Gasteiger partial charge in [0.05, 0.1) is 12.7 Å². The minimum Gasteiger partial charge on any atom is -0.384 e. The summed E-state index contributed by atoms with van der Waals surface area (Å²) in [6.45, 7) is 4.01. The summed E-state index contributed by atoms with van der Waals surface area (Å²) >= 11 is 1.70. The normalized spacial score (nSPS) is 20.4. The predicted molar refractivity (Wildman–Crippen MR) is 72.4 cm³/mol. The van der Waals surface area contributed by atoms with Crippen LogP contribution in [0.4, 0.5) is 0 Å². The van der Waals surface area contributed by atoms with Crippen LogP contribution in [0.15, 0.2) is 11.4 Å². The molecule has 2 rings (SSSR count). The van der Waals surface area contributed by atoms with Crippen LogP contribution in [0.2, 0.25) is 0 Å². The van der Waals surface area contributed by atoms with Crippen molar-refractivity contribution in [3.05, 3.63) is 21.9 Å². The standard InChI is InChI=1S/C13H18N2O2S/c14-7-12-8-15(3-5-17-12)9-13-6-11(10-18-13)2-1-4-16/h6,10,12,16H,3-5,7-9,14H2/t12-/m0/s1. The summed E-state index contributed by atoms with van der Waals surface area (Å²) in [5.41, 5.74) is 6.61. The largest absolute Gasteiger partial charge is 0.384 e. The third kappa shape index (κ3) is 3.80. The van der Waals surface area contributed by atoms with Gasteiger partial charge in [0.1, 0.15) is 6.61 Å². The van der Waals surface area contributed by atoms with Gasteiger partial charge in [0.2, 0.25) is 0 Å². The fraction of sp³-hybridized carbons (Fsp3) is 0.538. The molecule has 5 heteroatoms. The van der Waals surface area contributed by atoms with Gasteiger partial charge in [-0.3, -0.25) is 4.90 Å². The van der Waals surface area contributed by atoms with E-state index in [4.69, 9.17) is 15.6 Å². The average Bonchev–Trinajstić information content (AvgIpc) is 2.84. The highest BCUT2D eigenvalue weighted by Gasteiger charge is 2.19. The van der Waals surface area contributed by atoms with Crippen LogP contribution in [0.1, 0.15) is 10.4 Å². The number of thiophene rings is 1. The second-order valence-electron chi connectivity index (χ2n) is 4.23. The second-order valence-corrected chi connectivity index (χ2v) is 5.22. The molecule has 0 amide bonds. The minimum atomic E-state index is -0.0905. The first-order valence-electron chi connectivity index (χ1n) is 6.03. The Balaban J connectivity index is 1.90. The fourth-order valence-electron chi connectivity index (χ4n) is 1.96. The molecule has 0 unspecified atom stereocenters. The van der Waals surface area contributed by atoms with Crippen LogP contribution in [0.25, 0.3) is 0 Å². The molecule has 1 aliphatic heterocycles. The highest BCUT2D eigenvalue weighted by Crippen LogP contribution is 2.17. The van der Waals surface area contributed by atoms with Crippen LogP contribution in [-0.4, -0.2) is 49.0 Å². The molecule has 1 saturated heterocycles. The van der Waals surface area contributed by atoms with Gasteiger partial charge in [-0.2, -0.15) is 0 Å². The highest BCUT2D eigenvalue weighted by molar-refractivity contribution is 7.10. The topological polar surface area (TPSA) is 58.7 Å². The van der Waals surface area contributed by atoms with Gasteiger partial charge in [0.25, 0.3) is 0 Å². The van der Waals surface area contributed by atoms with Crippen LogP contribution in [0, 0.1) is 11.8 Å². The van der Waals surface area contributed by atoms with Gasteiger partial charge in [0, 0.05) is 42.0 Å². The number of nitrogens with zero attached hydrogens (tertiary/aromatic N) is 1. The Kier molecular flexibility index (Phi) is 5.17. The van der Waals surface area contributed by atoms with Crippen molar-refractivity contribution in [2.45, 2.75) is 12.6 Å². The lowest BCUT2D eigenvalue weighted by molar-refractivity contribution is -0.0257. The summed E-state index contributed by atoms with van der Waals surface area (Å²) in [5.74, 6) is 5.58. The van der Waals surface area contributed by atoms with Crippen molar-refractivity contribution in [3.63, 3.8) is 0 Å². The molecule has 0 bridgehead atoms. The number of rotatable bonds is 3. The van der Waals surface area contributed by atoms with Crippen molar-refractivity contribution in [3.8, 4) is 11.8 Å². The first-order valence-corrected chi connectivity index (χ1v) is 6.91. The zero-order valence-corrected chi connectivity index (χ0v) is 11.1. The lowest BCUT2D eigenvalue weighted by Crippen LogP contribution is -2.44. The van der Waals surface area contributed by atoms with E-state index in [1.807, 2.05) is 5.38 Å². The van der Waals surface area contributed by atoms with Crippen molar-refractivity contribution >= 4 is 11.3 Å². The zero-order chi connectivity index (χ0) is 12.8. The van der Waals surface area contributed by atoms with Crippen LogP contribution >= 0.6 is 11.3 Å². The number of aliphatic hydroxyl groups excluding tert-OH is 1. The van der Waals surface area contributed by atoms with E-state index in [1.165, 1.54) is 4.88 Å². The van der Waals surface area contributed by atoms with Crippen LogP contribution in [0.3, 0.4) is 0 Å². The zero-order valence-electron chi connectivity index (χ0n) is 10.3. The highest BCUT2D eigenvalue weighted by atomic mass is 32.1. The number of hydrogen-bond donors (Lipinski definition) is 2. The van der Waals surface area contributed by atoms with E-state index in [-0.39, 0.29) is 12.7 Å². The maximum atomic E-state index is 8.65. The first kappa shape index (κ1) is 13.5. The van der Waals surface area contributed by atoms with E-state index < -0.39 is 0 Å². The van der Waals surface area contributed by atoms with E-state index in [2.05, 4.69) is 22.8 Å². The molecule has 1 aliphatic rings. The third-order valence-corrected chi connectivity index (χ3v) is 3.75. The van der Waals surface area contributed by atoms with Crippen molar-refractivity contribution in [1.82, 2.24) is 4.90 Å². The molecule has 18 heavy (non-hydrogen) atoms. The molecule has 98 valence electrons. The predicted octanol–water partition coefficient (Wildman–Crippen LogP) is 0.251. The van der Waals surface area contributed by atoms with Gasteiger partial charge in [-0.05, 0) is 6.07 Å². The minimum absolute atomic E-state index is 0.0905. The molecule has 0 aromatic carbocycles. The summed E-state index contributed by atoms with van der Waals surface area (Å²) in [6, 6.07) is 2.08. The van der Waals surface area contributed by atoms with Gasteiger partial charge in [-0.1, -0.05) is 11.8 Å². The average molecular weight is 266 g/mol. The van der Waals surface area contributed by atoms with Crippen molar-refractivity contribution < 1.29 is 9.84 Å². The Hall–Kier alpha value is -0.900. The van der Waals surface area contributed by atoms with Crippen molar-refractivity contribution in [1.29, 1.82) is 0 Å². The summed E-state index contributed by atoms with van der Waals surface area (Å²) in [5, 5.41) is 10.7. The Labute approximate surface area is 111 Å². The Morgan fingerprint density at radius 2 is 2.50 bits per heavy atom. The Bertz CT molecular complexity index is 436. The van der Waals surface area contributed by atoms with E-state index in [0.29, 0.717) is 6.54 Å². The quantitative estimate of drug-likeness (QED) is 0.770. The van der Waals surface area contributed by atoms with Crippen LogP contribution in [0.5, 0.6) is 0 Å². The molecule has 1 aromatic heterocycles. The second kappa shape index (κ2) is 6.88. The maximum absolute atomic E-state index is 8.65. The summed E-state index contributed by atoms with van der Waals surface area (Å²) in [7, 11) is 0. The summed E-state index contributed by atoms with van der Waals surface area (Å²) < 4.78 is 5.54. The van der Waals surface area contributed by atoms with Gasteiger partial charge < -0.3 is 15.6 Å². The summed E-state index contributed by atoms with van der Waals surface area (Å²) in [4.78, 5) is 3.64. The van der Waals surface area contributed by atoms with E-state index >= 15 is 0 Å². The monoisotopic (exact) mass is 266 g/mol. The van der Waals surface area contributed by atoms with E-state index in [0.717, 1.165) is 31.8 Å². The first-order chi connectivity index (χ1) is 8.81. The summed E-state index contributed by atoms with van der Waals surface area (Å²) in [6.07, 6.45) is 0.160. The fourth-order valence-corrected chi connectivity index (χ4v) is 2.82. The molecule has 4 nitrogen and oxygen atoms in total. The van der Waals surface area contributed by atoms with E-state index in [9.17, 15) is 0 Å². The van der Waals surface area contributed by atoms with Crippen LogP contribution < -0.4 is 5.73 Å². The molecule has 1 fully saturated rings. The molecule has 0 aliphatic carbocycles. The smallest absolute Gasteiger partial charge is 0.104 e. The van der Waals surface area contributed by atoms with Gasteiger partial charge in [-0.15, -0.1) is 11.3 Å². The van der Waals surface area contributed by atoms with Gasteiger partial charge >= 0.3 is 0 Å². The molecule has 0 radical (unpaired) electrons. The molecule has 0 saturated carbocycles. The van der Waals surface area contributed by atoms with Gasteiger partial charge in [0.15, 0.2) is 0 Å². The lowest BCUT2D eigenvalue weighted by atomic mass is 10.2. The molecule has 2 heterocycles. The molecular formula is C13H18N2O2S. The van der Waals surface area contributed by atoms with Crippen molar-refractivity contribution in [2.75, 3.05) is 32.8 Å². The Morgan fingerprint density at radius 3 is 3.28 bits per heavy atom. The molecule has 3 N–H and O–H groups in total. The molecular weight excluding hydrogens is 248 g/mol. The van der Waals surface area contributed by atoms with Crippen LogP contribution in [-0.2, 0) is 11.3 Å². The Morgan fingerprint density at radius 1 is 1.61 bits per heavy atom. The van der Waals surface area contributed by atoms with E-state index in [1.54, 1.807) is 11.3 Å².